The number of carbonyl (C=O) groups is 1. The lowest BCUT2D eigenvalue weighted by atomic mass is 9.81. The number of carbonyl (C=O) groups excluding carboxylic acids is 1. The summed E-state index contributed by atoms with van der Waals surface area (Å²) in [4.78, 5) is 14.7. The van der Waals surface area contributed by atoms with Crippen LogP contribution in [0.1, 0.15) is 39.7 Å². The summed E-state index contributed by atoms with van der Waals surface area (Å²) in [5.74, 6) is 0.366. The van der Waals surface area contributed by atoms with Crippen molar-refractivity contribution in [2.75, 3.05) is 20.1 Å². The zero-order valence-electron chi connectivity index (χ0n) is 14.1. The Morgan fingerprint density at radius 1 is 1.29 bits per heavy atom. The molecule has 0 aliphatic heterocycles. The van der Waals surface area contributed by atoms with Gasteiger partial charge in [-0.15, -0.1) is 0 Å². The normalized spacial score (nSPS) is 14.2. The SMILES string of the molecule is CCN(C)CC(C)(CC(C)C)C(=O)OCc1ccccc1. The van der Waals surface area contributed by atoms with E-state index in [0.29, 0.717) is 12.5 Å². The lowest BCUT2D eigenvalue weighted by Crippen LogP contribution is -2.41. The average Bonchev–Trinajstić information content (AvgIpc) is 2.44. The van der Waals surface area contributed by atoms with Gasteiger partial charge in [-0.05, 0) is 38.4 Å². The summed E-state index contributed by atoms with van der Waals surface area (Å²) in [6.45, 7) is 10.4. The van der Waals surface area contributed by atoms with Crippen LogP contribution in [0.3, 0.4) is 0 Å². The van der Waals surface area contributed by atoms with Crippen molar-refractivity contribution in [1.82, 2.24) is 4.90 Å². The number of rotatable bonds is 8. The maximum Gasteiger partial charge on any atom is 0.313 e. The van der Waals surface area contributed by atoms with E-state index in [-0.39, 0.29) is 5.97 Å². The van der Waals surface area contributed by atoms with Gasteiger partial charge in [0.15, 0.2) is 0 Å². The Kier molecular flexibility index (Phi) is 6.90. The van der Waals surface area contributed by atoms with Gasteiger partial charge in [-0.25, -0.2) is 0 Å². The highest BCUT2D eigenvalue weighted by Crippen LogP contribution is 2.29. The van der Waals surface area contributed by atoms with Crippen LogP contribution in [-0.4, -0.2) is 31.0 Å². The van der Waals surface area contributed by atoms with Gasteiger partial charge < -0.3 is 9.64 Å². The third-order valence-corrected chi connectivity index (χ3v) is 3.72. The van der Waals surface area contributed by atoms with Crippen molar-refractivity contribution in [3.8, 4) is 0 Å². The van der Waals surface area contributed by atoms with Gasteiger partial charge >= 0.3 is 5.97 Å². The second-order valence-electron chi connectivity index (χ2n) is 6.55. The minimum absolute atomic E-state index is 0.0969. The van der Waals surface area contributed by atoms with E-state index in [4.69, 9.17) is 4.74 Å². The molecule has 3 heteroatoms. The number of nitrogens with zero attached hydrogens (tertiary/aromatic N) is 1. The zero-order valence-corrected chi connectivity index (χ0v) is 14.1. The molecule has 21 heavy (non-hydrogen) atoms. The lowest BCUT2D eigenvalue weighted by molar-refractivity contribution is -0.158. The van der Waals surface area contributed by atoms with Crippen molar-refractivity contribution >= 4 is 5.97 Å². The first-order chi connectivity index (χ1) is 9.87. The predicted molar refractivity (Wildman–Crippen MR) is 87.0 cm³/mol. The first-order valence-corrected chi connectivity index (χ1v) is 7.77. The molecule has 1 aromatic rings. The molecule has 0 heterocycles. The number of hydrogen-bond donors (Lipinski definition) is 0. The van der Waals surface area contributed by atoms with Crippen molar-refractivity contribution in [1.29, 1.82) is 0 Å². The molecule has 1 atom stereocenters. The maximum atomic E-state index is 12.6. The topological polar surface area (TPSA) is 29.5 Å². The summed E-state index contributed by atoms with van der Waals surface area (Å²) in [5.41, 5.74) is 0.579. The van der Waals surface area contributed by atoms with Crippen LogP contribution in [0.2, 0.25) is 0 Å². The van der Waals surface area contributed by atoms with Crippen molar-refractivity contribution in [3.05, 3.63) is 35.9 Å². The van der Waals surface area contributed by atoms with Gasteiger partial charge in [0, 0.05) is 6.54 Å². The molecular weight excluding hydrogens is 262 g/mol. The molecule has 1 rings (SSSR count). The van der Waals surface area contributed by atoms with E-state index in [1.54, 1.807) is 0 Å². The molecule has 0 N–H and O–H groups in total. The van der Waals surface area contributed by atoms with Gasteiger partial charge in [0.05, 0.1) is 5.41 Å². The highest BCUT2D eigenvalue weighted by molar-refractivity contribution is 5.76. The summed E-state index contributed by atoms with van der Waals surface area (Å²) in [7, 11) is 2.04. The summed E-state index contributed by atoms with van der Waals surface area (Å²) >= 11 is 0. The molecule has 0 amide bonds. The molecule has 0 fully saturated rings. The van der Waals surface area contributed by atoms with Gasteiger partial charge in [0.25, 0.3) is 0 Å². The molecule has 0 radical (unpaired) electrons. The molecule has 1 aromatic carbocycles. The molecule has 0 aliphatic carbocycles. The summed E-state index contributed by atoms with van der Waals surface area (Å²) in [6.07, 6.45) is 0.838. The lowest BCUT2D eigenvalue weighted by Gasteiger charge is -2.32. The second kappa shape index (κ2) is 8.18. The van der Waals surface area contributed by atoms with Crippen LogP contribution in [0.5, 0.6) is 0 Å². The fraction of sp³-hybridized carbons (Fsp3) is 0.611. The Morgan fingerprint density at radius 2 is 1.90 bits per heavy atom. The van der Waals surface area contributed by atoms with Crippen LogP contribution in [0.25, 0.3) is 0 Å². The molecule has 0 aliphatic rings. The number of hydrogen-bond acceptors (Lipinski definition) is 3. The molecule has 1 unspecified atom stereocenters. The minimum atomic E-state index is -0.451. The molecular formula is C18H29NO2. The quantitative estimate of drug-likeness (QED) is 0.683. The Bertz CT molecular complexity index is 430. The second-order valence-corrected chi connectivity index (χ2v) is 6.55. The Labute approximate surface area is 129 Å². The number of esters is 1. The maximum absolute atomic E-state index is 12.6. The Balaban J connectivity index is 2.70. The van der Waals surface area contributed by atoms with E-state index in [0.717, 1.165) is 25.1 Å². The van der Waals surface area contributed by atoms with E-state index in [1.807, 2.05) is 44.3 Å². The Morgan fingerprint density at radius 3 is 2.43 bits per heavy atom. The highest BCUT2D eigenvalue weighted by Gasteiger charge is 2.36. The van der Waals surface area contributed by atoms with Gasteiger partial charge in [-0.1, -0.05) is 51.1 Å². The van der Waals surface area contributed by atoms with Crippen LogP contribution < -0.4 is 0 Å². The van der Waals surface area contributed by atoms with Crippen molar-refractivity contribution in [2.24, 2.45) is 11.3 Å². The molecule has 118 valence electrons. The third kappa shape index (κ3) is 5.88. The van der Waals surface area contributed by atoms with Crippen molar-refractivity contribution < 1.29 is 9.53 Å². The van der Waals surface area contributed by atoms with Crippen LogP contribution in [0, 0.1) is 11.3 Å². The monoisotopic (exact) mass is 291 g/mol. The van der Waals surface area contributed by atoms with Gasteiger partial charge in [-0.3, -0.25) is 4.79 Å². The van der Waals surface area contributed by atoms with E-state index in [2.05, 4.69) is 25.7 Å². The minimum Gasteiger partial charge on any atom is -0.460 e. The van der Waals surface area contributed by atoms with Gasteiger partial charge in [0.2, 0.25) is 0 Å². The summed E-state index contributed by atoms with van der Waals surface area (Å²) < 4.78 is 5.57. The fourth-order valence-corrected chi connectivity index (χ4v) is 2.72. The molecule has 0 saturated carbocycles. The van der Waals surface area contributed by atoms with E-state index in [1.165, 1.54) is 0 Å². The fourth-order valence-electron chi connectivity index (χ4n) is 2.72. The number of benzene rings is 1. The summed E-state index contributed by atoms with van der Waals surface area (Å²) in [5, 5.41) is 0. The third-order valence-electron chi connectivity index (χ3n) is 3.72. The first-order valence-electron chi connectivity index (χ1n) is 7.77. The van der Waals surface area contributed by atoms with Crippen molar-refractivity contribution in [2.45, 2.75) is 40.7 Å². The molecule has 0 bridgehead atoms. The van der Waals surface area contributed by atoms with E-state index < -0.39 is 5.41 Å². The highest BCUT2D eigenvalue weighted by atomic mass is 16.5. The van der Waals surface area contributed by atoms with Crippen LogP contribution in [0.4, 0.5) is 0 Å². The van der Waals surface area contributed by atoms with E-state index in [9.17, 15) is 4.79 Å². The number of ether oxygens (including phenoxy) is 1. The zero-order chi connectivity index (χ0) is 15.9. The molecule has 0 saturated heterocycles. The van der Waals surface area contributed by atoms with Crippen LogP contribution >= 0.6 is 0 Å². The van der Waals surface area contributed by atoms with Gasteiger partial charge in [-0.2, -0.15) is 0 Å². The average molecular weight is 291 g/mol. The van der Waals surface area contributed by atoms with E-state index >= 15 is 0 Å². The van der Waals surface area contributed by atoms with Crippen LogP contribution in [0.15, 0.2) is 30.3 Å². The standard InChI is InChI=1S/C18H29NO2/c1-6-19(5)14-18(4,12-15(2)3)17(20)21-13-16-10-8-7-9-11-16/h7-11,15H,6,12-14H2,1-5H3. The first kappa shape index (κ1) is 17.7. The van der Waals surface area contributed by atoms with Crippen LogP contribution in [-0.2, 0) is 16.1 Å². The Hall–Kier alpha value is -1.35. The molecule has 3 nitrogen and oxygen atoms in total. The largest absolute Gasteiger partial charge is 0.460 e. The smallest absolute Gasteiger partial charge is 0.313 e. The van der Waals surface area contributed by atoms with Crippen molar-refractivity contribution in [3.63, 3.8) is 0 Å². The summed E-state index contributed by atoms with van der Waals surface area (Å²) in [6, 6.07) is 9.84. The van der Waals surface area contributed by atoms with Gasteiger partial charge in [0.1, 0.15) is 6.61 Å². The molecule has 0 spiro atoms. The predicted octanol–water partition coefficient (Wildman–Crippen LogP) is 3.73. The molecule has 0 aromatic heterocycles.